The lowest BCUT2D eigenvalue weighted by atomic mass is 9.96. The van der Waals surface area contributed by atoms with E-state index in [-0.39, 0.29) is 29.4 Å². The van der Waals surface area contributed by atoms with Crippen molar-refractivity contribution in [1.82, 2.24) is 15.2 Å². The van der Waals surface area contributed by atoms with E-state index in [1.54, 1.807) is 13.0 Å². The number of non-ortho nitro benzene ring substituents is 1. The fraction of sp³-hybridized carbons (Fsp3) is 0.174. The van der Waals surface area contributed by atoms with Gasteiger partial charge >= 0.3 is 6.09 Å². The van der Waals surface area contributed by atoms with Crippen LogP contribution in [0.25, 0.3) is 0 Å². The molecule has 0 aliphatic carbocycles. The molecule has 1 atom stereocenters. The number of carbonyl (C=O) groups is 3. The third-order valence-electron chi connectivity index (χ3n) is 5.53. The van der Waals surface area contributed by atoms with Crippen molar-refractivity contribution in [3.05, 3.63) is 87.0 Å². The van der Waals surface area contributed by atoms with E-state index in [2.05, 4.69) is 16.0 Å². The molecule has 0 bridgehead atoms. The molecule has 0 radical (unpaired) electrons. The summed E-state index contributed by atoms with van der Waals surface area (Å²) in [5, 5.41) is 18.7. The Balaban J connectivity index is 1.72. The second-order valence-electron chi connectivity index (χ2n) is 7.76. The first kappa shape index (κ1) is 23.4. The van der Waals surface area contributed by atoms with E-state index in [0.717, 1.165) is 0 Å². The van der Waals surface area contributed by atoms with Gasteiger partial charge in [-0.25, -0.2) is 9.18 Å². The molecular weight excluding hydrogens is 461 g/mol. The monoisotopic (exact) mass is 481 g/mol. The molecule has 1 aliphatic heterocycles. The number of nitro groups is 1. The van der Waals surface area contributed by atoms with Crippen LogP contribution < -0.4 is 20.7 Å². The summed E-state index contributed by atoms with van der Waals surface area (Å²) >= 11 is 0. The fourth-order valence-corrected chi connectivity index (χ4v) is 3.91. The Kier molecular flexibility index (Phi) is 6.19. The lowest BCUT2D eigenvalue weighted by Crippen LogP contribution is -2.41. The number of anilines is 1. The molecule has 35 heavy (non-hydrogen) atoms. The largest absolute Gasteiger partial charge is 0.417 e. The van der Waals surface area contributed by atoms with E-state index in [1.807, 2.05) is 0 Å². The number of hydrogen-bond acceptors (Lipinski definition) is 6. The highest BCUT2D eigenvalue weighted by atomic mass is 19.1. The van der Waals surface area contributed by atoms with Gasteiger partial charge in [-0.1, -0.05) is 6.07 Å². The maximum atomic E-state index is 14.1. The van der Waals surface area contributed by atoms with E-state index >= 15 is 0 Å². The minimum atomic E-state index is -0.928. The van der Waals surface area contributed by atoms with Crippen molar-refractivity contribution in [2.45, 2.75) is 19.5 Å². The Labute approximate surface area is 198 Å². The minimum Gasteiger partial charge on any atom is -0.410 e. The molecule has 0 fully saturated rings. The summed E-state index contributed by atoms with van der Waals surface area (Å²) < 4.78 is 20.7. The van der Waals surface area contributed by atoms with E-state index in [0.29, 0.717) is 16.8 Å². The summed E-state index contributed by atoms with van der Waals surface area (Å²) in [6, 6.07) is 9.57. The number of rotatable bonds is 5. The van der Waals surface area contributed by atoms with Crippen molar-refractivity contribution in [2.24, 2.45) is 0 Å². The van der Waals surface area contributed by atoms with Crippen molar-refractivity contribution in [2.75, 3.05) is 12.4 Å². The molecule has 2 heterocycles. The van der Waals surface area contributed by atoms with Gasteiger partial charge in [-0.2, -0.15) is 0 Å². The average Bonchev–Trinajstić information content (AvgIpc) is 3.17. The van der Waals surface area contributed by atoms with Crippen LogP contribution in [-0.4, -0.2) is 34.4 Å². The topological polar surface area (TPSA) is 145 Å². The van der Waals surface area contributed by atoms with Crippen LogP contribution in [0.15, 0.2) is 48.5 Å². The van der Waals surface area contributed by atoms with Crippen LogP contribution in [0.4, 0.5) is 20.6 Å². The summed E-state index contributed by atoms with van der Waals surface area (Å²) in [6.45, 7) is 1.56. The van der Waals surface area contributed by atoms with Crippen LogP contribution in [-0.2, 0) is 11.3 Å². The summed E-state index contributed by atoms with van der Waals surface area (Å²) in [6.07, 6.45) is -0.928. The summed E-state index contributed by atoms with van der Waals surface area (Å²) in [4.78, 5) is 47.9. The number of aromatic nitrogens is 1. The predicted octanol–water partition coefficient (Wildman–Crippen LogP) is 3.03. The molecule has 11 nitrogen and oxygen atoms in total. The summed E-state index contributed by atoms with van der Waals surface area (Å²) in [7, 11) is 1.43. The lowest BCUT2D eigenvalue weighted by molar-refractivity contribution is -0.384. The molecule has 3 aromatic rings. The quantitative estimate of drug-likeness (QED) is 0.377. The molecule has 2 aromatic carbocycles. The summed E-state index contributed by atoms with van der Waals surface area (Å²) in [5.74, 6) is -1.35. The Bertz CT molecular complexity index is 1350. The number of benzene rings is 2. The standard InChI is InChI=1S/C23H20FN5O6/c1-12-3-4-13(24)9-16(12)20-21-17(10-18(22(31)25-2)28(21)11-19(30)27-20)26-23(32)35-15-7-5-14(6-8-15)29(33)34/h3-10,20H,11H2,1-2H3,(H,25,31)(H,26,32)(H,27,30). The van der Waals surface area contributed by atoms with Crippen LogP contribution >= 0.6 is 0 Å². The third kappa shape index (κ3) is 4.67. The van der Waals surface area contributed by atoms with Crippen molar-refractivity contribution in [1.29, 1.82) is 0 Å². The number of fused-ring (bicyclic) bond motifs is 1. The number of nitrogens with one attached hydrogen (secondary N) is 3. The lowest BCUT2D eigenvalue weighted by Gasteiger charge is -2.29. The highest BCUT2D eigenvalue weighted by Gasteiger charge is 2.34. The average molecular weight is 481 g/mol. The number of carbonyl (C=O) groups excluding carboxylic acids is 3. The van der Waals surface area contributed by atoms with Crippen LogP contribution in [0.1, 0.15) is 33.4 Å². The Hall–Kier alpha value is -4.74. The summed E-state index contributed by atoms with van der Waals surface area (Å²) in [5.41, 5.74) is 1.61. The van der Waals surface area contributed by atoms with Gasteiger partial charge in [-0.05, 0) is 48.4 Å². The number of amides is 3. The Morgan fingerprint density at radius 1 is 1.20 bits per heavy atom. The van der Waals surface area contributed by atoms with E-state index in [4.69, 9.17) is 4.74 Å². The molecule has 1 aromatic heterocycles. The van der Waals surface area contributed by atoms with E-state index in [1.165, 1.54) is 54.1 Å². The van der Waals surface area contributed by atoms with Crippen molar-refractivity contribution in [3.63, 3.8) is 0 Å². The predicted molar refractivity (Wildman–Crippen MR) is 122 cm³/mol. The first-order valence-corrected chi connectivity index (χ1v) is 10.4. The van der Waals surface area contributed by atoms with Gasteiger partial charge < -0.3 is 19.9 Å². The van der Waals surface area contributed by atoms with Gasteiger partial charge in [0.2, 0.25) is 5.91 Å². The maximum absolute atomic E-state index is 14.1. The third-order valence-corrected chi connectivity index (χ3v) is 5.53. The highest BCUT2D eigenvalue weighted by molar-refractivity contribution is 5.97. The Morgan fingerprint density at radius 3 is 2.57 bits per heavy atom. The number of aryl methyl sites for hydroxylation is 1. The van der Waals surface area contributed by atoms with Crippen LogP contribution in [0.3, 0.4) is 0 Å². The number of hydrogen-bond donors (Lipinski definition) is 3. The van der Waals surface area contributed by atoms with Crippen LogP contribution in [0.5, 0.6) is 5.75 Å². The Morgan fingerprint density at radius 2 is 1.91 bits per heavy atom. The van der Waals surface area contributed by atoms with Gasteiger partial charge in [0, 0.05) is 19.2 Å². The molecule has 1 aliphatic rings. The molecule has 4 rings (SSSR count). The molecule has 3 N–H and O–H groups in total. The number of ether oxygens (including phenoxy) is 1. The molecule has 12 heteroatoms. The molecule has 3 amide bonds. The molecule has 0 saturated heterocycles. The smallest absolute Gasteiger partial charge is 0.410 e. The molecular formula is C23H20FN5O6. The van der Waals surface area contributed by atoms with Crippen molar-refractivity contribution >= 4 is 29.3 Å². The molecule has 0 spiro atoms. The van der Waals surface area contributed by atoms with Gasteiger partial charge in [0.15, 0.2) is 0 Å². The highest BCUT2D eigenvalue weighted by Crippen LogP contribution is 2.36. The zero-order valence-corrected chi connectivity index (χ0v) is 18.6. The van der Waals surface area contributed by atoms with E-state index in [9.17, 15) is 28.9 Å². The molecule has 0 saturated carbocycles. The fourth-order valence-electron chi connectivity index (χ4n) is 3.91. The van der Waals surface area contributed by atoms with Crippen LogP contribution in [0, 0.1) is 22.9 Å². The SMILES string of the molecule is CNC(=O)c1cc(NC(=O)Oc2ccc([N+](=O)[O-])cc2)c2n1CC(=O)NC2c1cc(F)ccc1C. The minimum absolute atomic E-state index is 0.0542. The first-order valence-electron chi connectivity index (χ1n) is 10.4. The number of nitro benzene ring substituents is 1. The molecule has 180 valence electrons. The first-order chi connectivity index (χ1) is 16.7. The van der Waals surface area contributed by atoms with Crippen molar-refractivity contribution in [3.8, 4) is 5.75 Å². The van der Waals surface area contributed by atoms with Crippen LogP contribution in [0.2, 0.25) is 0 Å². The maximum Gasteiger partial charge on any atom is 0.417 e. The second-order valence-corrected chi connectivity index (χ2v) is 7.76. The normalized spacial score (nSPS) is 14.5. The number of nitrogens with zero attached hydrogens (tertiary/aromatic N) is 2. The van der Waals surface area contributed by atoms with Gasteiger partial charge in [-0.15, -0.1) is 0 Å². The van der Waals surface area contributed by atoms with Gasteiger partial charge in [0.1, 0.15) is 23.8 Å². The number of halogens is 1. The molecule has 1 unspecified atom stereocenters. The van der Waals surface area contributed by atoms with E-state index < -0.39 is 34.7 Å². The van der Waals surface area contributed by atoms with Crippen molar-refractivity contribution < 1.29 is 28.4 Å². The van der Waals surface area contributed by atoms with Gasteiger partial charge in [0.25, 0.3) is 11.6 Å². The zero-order valence-electron chi connectivity index (χ0n) is 18.6. The van der Waals surface area contributed by atoms with Gasteiger partial charge in [-0.3, -0.25) is 25.0 Å². The van der Waals surface area contributed by atoms with Gasteiger partial charge in [0.05, 0.1) is 22.3 Å². The second kappa shape index (κ2) is 9.25. The zero-order chi connectivity index (χ0) is 25.3.